The highest BCUT2D eigenvalue weighted by atomic mass is 16.3. The van der Waals surface area contributed by atoms with E-state index in [9.17, 15) is 0 Å². The maximum Gasteiger partial charge on any atom is 0.164 e. The van der Waals surface area contributed by atoms with Crippen molar-refractivity contribution in [2.75, 3.05) is 0 Å². The molecule has 2 heterocycles. The van der Waals surface area contributed by atoms with Crippen molar-refractivity contribution in [2.24, 2.45) is 0 Å². The second-order valence-electron chi connectivity index (χ2n) is 9.83. The van der Waals surface area contributed by atoms with E-state index < -0.39 is 0 Å². The summed E-state index contributed by atoms with van der Waals surface area (Å²) in [4.78, 5) is 15.0. The second-order valence-corrected chi connectivity index (χ2v) is 9.83. The molecule has 0 saturated heterocycles. The molecule has 186 valence electrons. The van der Waals surface area contributed by atoms with Gasteiger partial charge in [-0.3, -0.25) is 0 Å². The van der Waals surface area contributed by atoms with Crippen LogP contribution in [-0.2, 0) is 0 Å². The monoisotopic (exact) mass is 511 g/mol. The molecule has 5 aromatic carbocycles. The van der Waals surface area contributed by atoms with Crippen LogP contribution in [0.15, 0.2) is 125 Å². The zero-order chi connectivity index (χ0) is 26.5. The van der Waals surface area contributed by atoms with Crippen LogP contribution in [0.5, 0.6) is 0 Å². The van der Waals surface area contributed by atoms with Gasteiger partial charge in [0.25, 0.3) is 0 Å². The molecule has 4 nitrogen and oxygen atoms in total. The molecule has 0 spiro atoms. The number of allylic oxidation sites excluding steroid dienone is 2. The molecule has 40 heavy (non-hydrogen) atoms. The van der Waals surface area contributed by atoms with Crippen molar-refractivity contribution in [2.45, 2.75) is 0 Å². The molecule has 2 aromatic heterocycles. The van der Waals surface area contributed by atoms with Gasteiger partial charge in [0.15, 0.2) is 17.5 Å². The van der Waals surface area contributed by atoms with Crippen molar-refractivity contribution < 1.29 is 4.42 Å². The van der Waals surface area contributed by atoms with Crippen LogP contribution >= 0.6 is 0 Å². The maximum absolute atomic E-state index is 6.33. The maximum atomic E-state index is 6.33. The minimum Gasteiger partial charge on any atom is -0.456 e. The molecule has 1 aliphatic carbocycles. The molecule has 0 amide bonds. The Morgan fingerprint density at radius 3 is 2.23 bits per heavy atom. The number of hydrogen-bond acceptors (Lipinski definition) is 4. The first-order chi connectivity index (χ1) is 19.8. The summed E-state index contributed by atoms with van der Waals surface area (Å²) >= 11 is 0. The summed E-state index contributed by atoms with van der Waals surface area (Å²) in [5.41, 5.74) is 9.82. The van der Waals surface area contributed by atoms with E-state index in [1.807, 2.05) is 66.8 Å². The normalized spacial score (nSPS) is 12.3. The molecule has 8 rings (SSSR count). The highest BCUT2D eigenvalue weighted by Crippen LogP contribution is 2.38. The highest BCUT2D eigenvalue weighted by molar-refractivity contribution is 6.15. The molecule has 0 saturated carbocycles. The average Bonchev–Trinajstić information content (AvgIpc) is 3.20. The standard InChI is InChI=1S/C36H21N3O/c1-3-10-23-18-19-28(20-25(23)13-6-1)35-37-34(24-11-4-2-5-12-24)38-36(39-35)29-16-9-17-31-33(29)30-21-26-14-7-8-15-27(26)22-32(30)40-31/h1-5,7-22H. The Bertz CT molecular complexity index is 2200. The van der Waals surface area contributed by atoms with Gasteiger partial charge >= 0.3 is 0 Å². The summed E-state index contributed by atoms with van der Waals surface area (Å²) in [6, 6.07) is 35.0. The number of nitrogens with zero attached hydrogens (tertiary/aromatic N) is 3. The zero-order valence-corrected chi connectivity index (χ0v) is 21.4. The van der Waals surface area contributed by atoms with Crippen LogP contribution in [0.25, 0.3) is 79.0 Å². The number of rotatable bonds is 3. The van der Waals surface area contributed by atoms with Gasteiger partial charge in [-0.25, -0.2) is 15.0 Å². The van der Waals surface area contributed by atoms with Crippen LogP contribution in [0.1, 0.15) is 11.1 Å². The van der Waals surface area contributed by atoms with Crippen LogP contribution in [0, 0.1) is 0 Å². The lowest BCUT2D eigenvalue weighted by atomic mass is 10.0. The van der Waals surface area contributed by atoms with Crippen molar-refractivity contribution in [1.29, 1.82) is 0 Å². The van der Waals surface area contributed by atoms with Crippen molar-refractivity contribution in [3.63, 3.8) is 0 Å². The molecule has 7 aromatic rings. The number of aromatic nitrogens is 3. The minimum atomic E-state index is 0.607. The van der Waals surface area contributed by atoms with Crippen LogP contribution < -0.4 is 0 Å². The Hall–Kier alpha value is -5.57. The first kappa shape index (κ1) is 22.4. The highest BCUT2D eigenvalue weighted by Gasteiger charge is 2.18. The second kappa shape index (κ2) is 9.02. The summed E-state index contributed by atoms with van der Waals surface area (Å²) in [5.74, 6) is 1.85. The van der Waals surface area contributed by atoms with E-state index in [1.165, 1.54) is 0 Å². The van der Waals surface area contributed by atoms with E-state index in [4.69, 9.17) is 19.4 Å². The third-order valence-corrected chi connectivity index (χ3v) is 7.32. The summed E-state index contributed by atoms with van der Waals surface area (Å²) < 4.78 is 6.33. The van der Waals surface area contributed by atoms with Gasteiger partial charge in [0.05, 0.1) is 0 Å². The largest absolute Gasteiger partial charge is 0.456 e. The van der Waals surface area contributed by atoms with Crippen molar-refractivity contribution in [1.82, 2.24) is 15.0 Å². The van der Waals surface area contributed by atoms with Crippen molar-refractivity contribution in [3.8, 4) is 34.2 Å². The van der Waals surface area contributed by atoms with Gasteiger partial charge in [0.1, 0.15) is 11.2 Å². The lowest BCUT2D eigenvalue weighted by Crippen LogP contribution is -2.00. The third kappa shape index (κ3) is 3.75. The van der Waals surface area contributed by atoms with Crippen LogP contribution in [-0.4, -0.2) is 15.0 Å². The molecule has 0 unspecified atom stereocenters. The van der Waals surface area contributed by atoms with Gasteiger partial charge in [-0.2, -0.15) is 0 Å². The van der Waals surface area contributed by atoms with E-state index in [1.54, 1.807) is 0 Å². The molecule has 0 radical (unpaired) electrons. The predicted molar refractivity (Wildman–Crippen MR) is 162 cm³/mol. The Balaban J connectivity index is 1.39. The number of hydrogen-bond donors (Lipinski definition) is 0. The fourth-order valence-corrected chi connectivity index (χ4v) is 5.38. The number of furan rings is 1. The lowest BCUT2D eigenvalue weighted by Gasteiger charge is -2.10. The summed E-state index contributed by atoms with van der Waals surface area (Å²) in [5, 5.41) is 4.35. The Morgan fingerprint density at radius 2 is 1.35 bits per heavy atom. The molecule has 0 bridgehead atoms. The van der Waals surface area contributed by atoms with Gasteiger partial charge in [-0.15, -0.1) is 5.73 Å². The molecule has 0 N–H and O–H groups in total. The van der Waals surface area contributed by atoms with Gasteiger partial charge in [0, 0.05) is 27.5 Å². The van der Waals surface area contributed by atoms with Crippen LogP contribution in [0.3, 0.4) is 0 Å². The Kier molecular flexibility index (Phi) is 5.06. The van der Waals surface area contributed by atoms with E-state index in [0.717, 1.165) is 60.5 Å². The molecular formula is C36H21N3O. The summed E-state index contributed by atoms with van der Waals surface area (Å²) in [6.45, 7) is 0. The molecule has 0 fully saturated rings. The van der Waals surface area contributed by atoms with E-state index >= 15 is 0 Å². The Morgan fingerprint density at radius 1 is 0.575 bits per heavy atom. The quantitative estimate of drug-likeness (QED) is 0.222. The smallest absolute Gasteiger partial charge is 0.164 e. The predicted octanol–water partition coefficient (Wildman–Crippen LogP) is 9.12. The van der Waals surface area contributed by atoms with E-state index in [0.29, 0.717) is 17.5 Å². The van der Waals surface area contributed by atoms with Crippen LogP contribution in [0.4, 0.5) is 0 Å². The fourth-order valence-electron chi connectivity index (χ4n) is 5.38. The van der Waals surface area contributed by atoms with Crippen molar-refractivity contribution in [3.05, 3.63) is 132 Å². The number of benzene rings is 5. The SMILES string of the molecule is C1=CC=Cc2ccc(-c3nc(-c4ccccc4)nc(-c4cccc5oc6cc7ccccc7cc6c45)n3)cc2C=1. The molecule has 1 aliphatic rings. The zero-order valence-electron chi connectivity index (χ0n) is 21.4. The summed E-state index contributed by atoms with van der Waals surface area (Å²) in [7, 11) is 0. The van der Waals surface area contributed by atoms with Gasteiger partial charge in [-0.1, -0.05) is 91.0 Å². The average molecular weight is 512 g/mol. The molecular weight excluding hydrogens is 490 g/mol. The van der Waals surface area contributed by atoms with Gasteiger partial charge < -0.3 is 4.42 Å². The van der Waals surface area contributed by atoms with Gasteiger partial charge in [-0.05, 0) is 58.3 Å². The first-order valence-corrected chi connectivity index (χ1v) is 13.2. The van der Waals surface area contributed by atoms with E-state index in [2.05, 4.69) is 66.4 Å². The van der Waals surface area contributed by atoms with Crippen LogP contribution in [0.2, 0.25) is 0 Å². The van der Waals surface area contributed by atoms with E-state index in [-0.39, 0.29) is 0 Å². The lowest BCUT2D eigenvalue weighted by molar-refractivity contribution is 0.669. The fraction of sp³-hybridized carbons (Fsp3) is 0. The third-order valence-electron chi connectivity index (χ3n) is 7.32. The topological polar surface area (TPSA) is 51.8 Å². The van der Waals surface area contributed by atoms with Crippen molar-refractivity contribution >= 4 is 44.9 Å². The number of fused-ring (bicyclic) bond motifs is 5. The molecule has 0 atom stereocenters. The van der Waals surface area contributed by atoms with Gasteiger partial charge in [0.2, 0.25) is 0 Å². The molecule has 4 heteroatoms. The Labute approximate surface area is 230 Å². The molecule has 0 aliphatic heterocycles. The summed E-state index contributed by atoms with van der Waals surface area (Å²) in [6.07, 6.45) is 7.98. The first-order valence-electron chi connectivity index (χ1n) is 13.2. The minimum absolute atomic E-state index is 0.607.